The molecule has 0 radical (unpaired) electrons. The number of hydrogen-bond donors (Lipinski definition) is 3. The fourth-order valence-corrected chi connectivity index (χ4v) is 2.33. The highest BCUT2D eigenvalue weighted by molar-refractivity contribution is 6.14. The molecule has 0 spiro atoms. The first kappa shape index (κ1) is 10.7. The Bertz CT molecular complexity index is 674. The van der Waals surface area contributed by atoms with E-state index in [1.807, 2.05) is 12.1 Å². The van der Waals surface area contributed by atoms with Gasteiger partial charge in [0.2, 0.25) is 5.75 Å². The fraction of sp³-hybridized carbons (Fsp3) is 0.0714. The number of phenolic OH excluding ortho intramolecular Hbond substituents is 3. The normalized spacial score (nSPS) is 13.0. The Morgan fingerprint density at radius 1 is 0.944 bits per heavy atom. The Labute approximate surface area is 103 Å². The molecule has 0 amide bonds. The lowest BCUT2D eigenvalue weighted by atomic mass is 9.84. The van der Waals surface area contributed by atoms with E-state index in [-0.39, 0.29) is 11.3 Å². The van der Waals surface area contributed by atoms with E-state index in [0.29, 0.717) is 17.5 Å². The van der Waals surface area contributed by atoms with E-state index >= 15 is 0 Å². The molecule has 3 N–H and O–H groups in total. The molecule has 1 aliphatic rings. The number of fused-ring (bicyclic) bond motifs is 2. The summed E-state index contributed by atoms with van der Waals surface area (Å²) < 4.78 is 0. The minimum Gasteiger partial charge on any atom is -0.504 e. The zero-order chi connectivity index (χ0) is 12.9. The Balaban J connectivity index is 2.29. The largest absolute Gasteiger partial charge is 0.504 e. The summed E-state index contributed by atoms with van der Waals surface area (Å²) in [7, 11) is 0. The second kappa shape index (κ2) is 3.50. The van der Waals surface area contributed by atoms with Crippen LogP contribution in [0.15, 0.2) is 30.3 Å². The van der Waals surface area contributed by atoms with Crippen molar-refractivity contribution in [3.8, 4) is 17.2 Å². The Morgan fingerprint density at radius 2 is 1.67 bits per heavy atom. The standard InChI is InChI=1S/C14H10O4/c15-10-6-8-5-7-3-1-2-4-9(7)12(16)11(8)14(18)13(10)17/h1-4,6,15,17-18H,5H2. The van der Waals surface area contributed by atoms with E-state index in [2.05, 4.69) is 0 Å². The van der Waals surface area contributed by atoms with Gasteiger partial charge < -0.3 is 15.3 Å². The van der Waals surface area contributed by atoms with Crippen molar-refractivity contribution in [3.63, 3.8) is 0 Å². The molecule has 2 aromatic carbocycles. The van der Waals surface area contributed by atoms with E-state index in [9.17, 15) is 20.1 Å². The number of aromatic hydroxyl groups is 3. The van der Waals surface area contributed by atoms with Crippen LogP contribution in [-0.2, 0) is 6.42 Å². The number of hydrogen-bond acceptors (Lipinski definition) is 4. The summed E-state index contributed by atoms with van der Waals surface area (Å²) in [4.78, 5) is 12.2. The van der Waals surface area contributed by atoms with Crippen molar-refractivity contribution in [1.29, 1.82) is 0 Å². The van der Waals surface area contributed by atoms with Crippen LogP contribution in [0.4, 0.5) is 0 Å². The van der Waals surface area contributed by atoms with Gasteiger partial charge in [-0.15, -0.1) is 0 Å². The van der Waals surface area contributed by atoms with Gasteiger partial charge in [0.05, 0.1) is 5.56 Å². The lowest BCUT2D eigenvalue weighted by molar-refractivity contribution is 0.103. The summed E-state index contributed by atoms with van der Waals surface area (Å²) in [5, 5.41) is 28.7. The molecule has 4 heteroatoms. The molecule has 0 atom stereocenters. The maximum Gasteiger partial charge on any atom is 0.201 e. The lowest BCUT2D eigenvalue weighted by Crippen LogP contribution is -2.15. The molecule has 0 saturated carbocycles. The molecule has 0 fully saturated rings. The van der Waals surface area contributed by atoms with Crippen molar-refractivity contribution in [3.05, 3.63) is 52.6 Å². The number of phenols is 3. The third kappa shape index (κ3) is 1.29. The average molecular weight is 242 g/mol. The smallest absolute Gasteiger partial charge is 0.201 e. The third-order valence-electron chi connectivity index (χ3n) is 3.21. The van der Waals surface area contributed by atoms with Gasteiger partial charge >= 0.3 is 0 Å². The van der Waals surface area contributed by atoms with Crippen LogP contribution in [0.5, 0.6) is 17.2 Å². The van der Waals surface area contributed by atoms with Crippen molar-refractivity contribution in [1.82, 2.24) is 0 Å². The molecule has 0 aliphatic heterocycles. The highest BCUT2D eigenvalue weighted by Crippen LogP contribution is 2.43. The molecule has 4 nitrogen and oxygen atoms in total. The van der Waals surface area contributed by atoms with Crippen molar-refractivity contribution in [2.75, 3.05) is 0 Å². The van der Waals surface area contributed by atoms with Crippen LogP contribution in [0.1, 0.15) is 27.0 Å². The van der Waals surface area contributed by atoms with Gasteiger partial charge in [-0.2, -0.15) is 0 Å². The summed E-state index contributed by atoms with van der Waals surface area (Å²) in [5.74, 6) is -1.95. The van der Waals surface area contributed by atoms with Crippen molar-refractivity contribution >= 4 is 5.78 Å². The molecule has 0 bridgehead atoms. The quantitative estimate of drug-likeness (QED) is 0.526. The number of rotatable bonds is 0. The molecule has 0 aromatic heterocycles. The predicted octanol–water partition coefficient (Wildman–Crippen LogP) is 1.94. The summed E-state index contributed by atoms with van der Waals surface area (Å²) in [6.07, 6.45) is 0.443. The molecule has 2 aromatic rings. The van der Waals surface area contributed by atoms with Crippen molar-refractivity contribution in [2.45, 2.75) is 6.42 Å². The van der Waals surface area contributed by atoms with E-state index in [4.69, 9.17) is 0 Å². The van der Waals surface area contributed by atoms with Gasteiger partial charge in [-0.05, 0) is 23.6 Å². The van der Waals surface area contributed by atoms with Crippen LogP contribution in [0.25, 0.3) is 0 Å². The highest BCUT2D eigenvalue weighted by atomic mass is 16.3. The molecule has 18 heavy (non-hydrogen) atoms. The van der Waals surface area contributed by atoms with Crippen LogP contribution in [-0.4, -0.2) is 21.1 Å². The second-order valence-corrected chi connectivity index (χ2v) is 4.29. The van der Waals surface area contributed by atoms with Crippen molar-refractivity contribution < 1.29 is 20.1 Å². The van der Waals surface area contributed by atoms with E-state index in [1.165, 1.54) is 6.07 Å². The summed E-state index contributed by atoms with van der Waals surface area (Å²) in [5.41, 5.74) is 1.96. The van der Waals surface area contributed by atoms with E-state index in [1.54, 1.807) is 12.1 Å². The molecule has 0 saturated heterocycles. The molecule has 0 unspecified atom stereocenters. The third-order valence-corrected chi connectivity index (χ3v) is 3.21. The van der Waals surface area contributed by atoms with Gasteiger partial charge in [-0.1, -0.05) is 24.3 Å². The Morgan fingerprint density at radius 3 is 2.44 bits per heavy atom. The maximum atomic E-state index is 12.2. The lowest BCUT2D eigenvalue weighted by Gasteiger charge is -2.20. The number of ketones is 1. The van der Waals surface area contributed by atoms with Crippen LogP contribution in [0.2, 0.25) is 0 Å². The minimum atomic E-state index is -0.651. The predicted molar refractivity (Wildman–Crippen MR) is 64.1 cm³/mol. The first-order valence-corrected chi connectivity index (χ1v) is 5.49. The average Bonchev–Trinajstić information content (AvgIpc) is 2.36. The van der Waals surface area contributed by atoms with Crippen LogP contribution in [0.3, 0.4) is 0 Å². The molecule has 3 rings (SSSR count). The molecular weight excluding hydrogens is 232 g/mol. The molecule has 90 valence electrons. The number of benzene rings is 2. The molecule has 0 heterocycles. The number of carbonyl (C=O) groups is 1. The first-order chi connectivity index (χ1) is 8.59. The first-order valence-electron chi connectivity index (χ1n) is 5.49. The van der Waals surface area contributed by atoms with Crippen LogP contribution < -0.4 is 0 Å². The van der Waals surface area contributed by atoms with E-state index in [0.717, 1.165) is 5.56 Å². The van der Waals surface area contributed by atoms with Gasteiger partial charge in [-0.3, -0.25) is 4.79 Å². The zero-order valence-electron chi connectivity index (χ0n) is 9.34. The van der Waals surface area contributed by atoms with E-state index < -0.39 is 17.2 Å². The van der Waals surface area contributed by atoms with Gasteiger partial charge in [0, 0.05) is 5.56 Å². The summed E-state index contributed by atoms with van der Waals surface area (Å²) in [6, 6.07) is 8.41. The van der Waals surface area contributed by atoms with Gasteiger partial charge in [0.25, 0.3) is 0 Å². The van der Waals surface area contributed by atoms with Crippen molar-refractivity contribution in [2.24, 2.45) is 0 Å². The second-order valence-electron chi connectivity index (χ2n) is 4.29. The Kier molecular flexibility index (Phi) is 2.07. The SMILES string of the molecule is O=C1c2ccccc2Cc2cc(O)c(O)c(O)c21. The summed E-state index contributed by atoms with van der Waals surface area (Å²) >= 11 is 0. The fourth-order valence-electron chi connectivity index (χ4n) is 2.33. The highest BCUT2D eigenvalue weighted by Gasteiger charge is 2.28. The topological polar surface area (TPSA) is 77.8 Å². The van der Waals surface area contributed by atoms with Gasteiger partial charge in [0.15, 0.2) is 17.3 Å². The molecule has 1 aliphatic carbocycles. The zero-order valence-corrected chi connectivity index (χ0v) is 9.34. The van der Waals surface area contributed by atoms with Crippen LogP contribution in [0, 0.1) is 0 Å². The minimum absolute atomic E-state index is 0.0731. The Hall–Kier alpha value is -2.49. The van der Waals surface area contributed by atoms with Gasteiger partial charge in [-0.25, -0.2) is 0 Å². The monoisotopic (exact) mass is 242 g/mol. The van der Waals surface area contributed by atoms with Gasteiger partial charge in [0.1, 0.15) is 0 Å². The number of carbonyl (C=O) groups excluding carboxylic acids is 1. The molecular formula is C14H10O4. The maximum absolute atomic E-state index is 12.2. The summed E-state index contributed by atoms with van der Waals surface area (Å²) in [6.45, 7) is 0. The van der Waals surface area contributed by atoms with Crippen LogP contribution >= 0.6 is 0 Å².